The Morgan fingerprint density at radius 1 is 1.33 bits per heavy atom. The quantitative estimate of drug-likeness (QED) is 0.788. The smallest absolute Gasteiger partial charge is 0.0292 e. The molecule has 2 rings (SSSR count). The minimum Gasteiger partial charge on any atom is -0.326 e. The van der Waals surface area contributed by atoms with E-state index in [1.54, 1.807) is 0 Å². The van der Waals surface area contributed by atoms with Crippen molar-refractivity contribution in [3.05, 3.63) is 29.8 Å². The van der Waals surface area contributed by atoms with Crippen molar-refractivity contribution in [2.24, 2.45) is 11.1 Å². The van der Waals surface area contributed by atoms with Crippen molar-refractivity contribution in [3.8, 4) is 0 Å². The van der Waals surface area contributed by atoms with Gasteiger partial charge in [-0.05, 0) is 23.5 Å². The molecule has 15 heavy (non-hydrogen) atoms. The van der Waals surface area contributed by atoms with Crippen LogP contribution < -0.4 is 5.73 Å². The monoisotopic (exact) mass is 221 g/mol. The third-order valence-corrected chi connectivity index (χ3v) is 4.49. The molecule has 1 aromatic rings. The van der Waals surface area contributed by atoms with Gasteiger partial charge < -0.3 is 5.73 Å². The first kappa shape index (κ1) is 11.0. The van der Waals surface area contributed by atoms with Crippen molar-refractivity contribution in [2.45, 2.75) is 43.4 Å². The largest absolute Gasteiger partial charge is 0.326 e. The van der Waals surface area contributed by atoms with Crippen molar-refractivity contribution in [1.82, 2.24) is 0 Å². The summed E-state index contributed by atoms with van der Waals surface area (Å²) in [5.74, 6) is 0. The highest BCUT2D eigenvalue weighted by molar-refractivity contribution is 8.00. The van der Waals surface area contributed by atoms with Crippen LogP contribution in [0.1, 0.15) is 26.3 Å². The van der Waals surface area contributed by atoms with Gasteiger partial charge in [-0.1, -0.05) is 39.0 Å². The Balaban J connectivity index is 2.14. The maximum Gasteiger partial charge on any atom is 0.0292 e. The molecule has 2 unspecified atom stereocenters. The molecule has 0 spiro atoms. The SMILES string of the molecule is CC(C)(C)C(N)C1Cc2ccccc2S1. The highest BCUT2D eigenvalue weighted by Gasteiger charge is 2.33. The molecule has 2 heteroatoms. The first-order valence-electron chi connectivity index (χ1n) is 5.48. The molecule has 1 aliphatic heterocycles. The molecule has 0 bridgehead atoms. The summed E-state index contributed by atoms with van der Waals surface area (Å²) < 4.78 is 0. The molecule has 2 atom stereocenters. The van der Waals surface area contributed by atoms with Crippen LogP contribution in [0.2, 0.25) is 0 Å². The molecule has 2 N–H and O–H groups in total. The highest BCUT2D eigenvalue weighted by atomic mass is 32.2. The zero-order valence-electron chi connectivity index (χ0n) is 9.66. The summed E-state index contributed by atoms with van der Waals surface area (Å²) in [5, 5.41) is 0.544. The Labute approximate surface area is 96.4 Å². The van der Waals surface area contributed by atoms with E-state index in [1.807, 2.05) is 11.8 Å². The van der Waals surface area contributed by atoms with E-state index in [0.29, 0.717) is 5.25 Å². The molecule has 82 valence electrons. The van der Waals surface area contributed by atoms with Gasteiger partial charge in [0.15, 0.2) is 0 Å². The molecule has 0 fully saturated rings. The summed E-state index contributed by atoms with van der Waals surface area (Å²) in [6.45, 7) is 6.67. The number of rotatable bonds is 1. The van der Waals surface area contributed by atoms with E-state index in [4.69, 9.17) is 5.73 Å². The summed E-state index contributed by atoms with van der Waals surface area (Å²) >= 11 is 1.95. The van der Waals surface area contributed by atoms with E-state index in [1.165, 1.54) is 10.5 Å². The molecular weight excluding hydrogens is 202 g/mol. The highest BCUT2D eigenvalue weighted by Crippen LogP contribution is 2.41. The standard InChI is InChI=1S/C13H19NS/c1-13(2,3)12(14)11-8-9-6-4-5-7-10(9)15-11/h4-7,11-12H,8,14H2,1-3H3. The van der Waals surface area contributed by atoms with Gasteiger partial charge in [0.2, 0.25) is 0 Å². The number of fused-ring (bicyclic) bond motifs is 1. The van der Waals surface area contributed by atoms with Crippen LogP contribution in [-0.4, -0.2) is 11.3 Å². The average Bonchev–Trinajstić information content (AvgIpc) is 2.58. The molecule has 0 saturated carbocycles. The molecule has 0 aromatic heterocycles. The first-order valence-corrected chi connectivity index (χ1v) is 6.36. The Morgan fingerprint density at radius 3 is 2.60 bits per heavy atom. The van der Waals surface area contributed by atoms with Crippen LogP contribution in [0.15, 0.2) is 29.2 Å². The van der Waals surface area contributed by atoms with Crippen LogP contribution in [-0.2, 0) is 6.42 Å². The van der Waals surface area contributed by atoms with Gasteiger partial charge in [-0.15, -0.1) is 11.8 Å². The molecule has 0 saturated heterocycles. The molecule has 1 heterocycles. The fourth-order valence-electron chi connectivity index (χ4n) is 1.97. The van der Waals surface area contributed by atoms with Crippen molar-refractivity contribution in [1.29, 1.82) is 0 Å². The van der Waals surface area contributed by atoms with E-state index in [2.05, 4.69) is 45.0 Å². The van der Waals surface area contributed by atoms with Crippen LogP contribution >= 0.6 is 11.8 Å². The van der Waals surface area contributed by atoms with Crippen molar-refractivity contribution < 1.29 is 0 Å². The first-order chi connectivity index (χ1) is 6.98. The van der Waals surface area contributed by atoms with Gasteiger partial charge >= 0.3 is 0 Å². The van der Waals surface area contributed by atoms with E-state index >= 15 is 0 Å². The average molecular weight is 221 g/mol. The third kappa shape index (κ3) is 2.21. The van der Waals surface area contributed by atoms with E-state index in [-0.39, 0.29) is 11.5 Å². The second-order valence-corrected chi connectivity index (χ2v) is 6.64. The van der Waals surface area contributed by atoms with Crippen molar-refractivity contribution >= 4 is 11.8 Å². The second-order valence-electron chi connectivity index (χ2n) is 5.36. The second kappa shape index (κ2) is 3.84. The molecule has 1 nitrogen and oxygen atoms in total. The summed E-state index contributed by atoms with van der Waals surface area (Å²) in [5.41, 5.74) is 7.97. The van der Waals surface area contributed by atoms with Gasteiger partial charge in [-0.25, -0.2) is 0 Å². The Hall–Kier alpha value is -0.470. The molecule has 0 aliphatic carbocycles. The lowest BCUT2D eigenvalue weighted by Gasteiger charge is -2.31. The normalized spacial score (nSPS) is 22.5. The maximum atomic E-state index is 6.31. The molecule has 1 aromatic carbocycles. The summed E-state index contributed by atoms with van der Waals surface area (Å²) in [4.78, 5) is 1.42. The molecule has 0 radical (unpaired) electrons. The van der Waals surface area contributed by atoms with Crippen LogP contribution in [0.3, 0.4) is 0 Å². The third-order valence-electron chi connectivity index (χ3n) is 3.07. The van der Waals surface area contributed by atoms with Gasteiger partial charge in [0.05, 0.1) is 0 Å². The van der Waals surface area contributed by atoms with Gasteiger partial charge in [0, 0.05) is 16.2 Å². The van der Waals surface area contributed by atoms with Gasteiger partial charge in [0.1, 0.15) is 0 Å². The lowest BCUT2D eigenvalue weighted by atomic mass is 9.84. The lowest BCUT2D eigenvalue weighted by Crippen LogP contribution is -2.43. The van der Waals surface area contributed by atoms with Gasteiger partial charge in [-0.3, -0.25) is 0 Å². The fraction of sp³-hybridized carbons (Fsp3) is 0.538. The number of hydrogen-bond donors (Lipinski definition) is 1. The summed E-state index contributed by atoms with van der Waals surface area (Å²) in [6, 6.07) is 8.91. The molecular formula is C13H19NS. The maximum absolute atomic E-state index is 6.31. The number of nitrogens with two attached hydrogens (primary N) is 1. The van der Waals surface area contributed by atoms with Crippen molar-refractivity contribution in [2.75, 3.05) is 0 Å². The number of benzene rings is 1. The zero-order valence-corrected chi connectivity index (χ0v) is 10.5. The topological polar surface area (TPSA) is 26.0 Å². The number of thioether (sulfide) groups is 1. The van der Waals surface area contributed by atoms with Crippen LogP contribution in [0.25, 0.3) is 0 Å². The zero-order chi connectivity index (χ0) is 11.1. The lowest BCUT2D eigenvalue weighted by molar-refractivity contribution is 0.313. The Bertz CT molecular complexity index is 329. The van der Waals surface area contributed by atoms with E-state index in [9.17, 15) is 0 Å². The Morgan fingerprint density at radius 2 is 2.00 bits per heavy atom. The fourth-order valence-corrected chi connectivity index (χ4v) is 3.57. The minimum atomic E-state index is 0.194. The molecule has 1 aliphatic rings. The van der Waals surface area contributed by atoms with Crippen LogP contribution in [0, 0.1) is 5.41 Å². The van der Waals surface area contributed by atoms with Gasteiger partial charge in [-0.2, -0.15) is 0 Å². The van der Waals surface area contributed by atoms with Gasteiger partial charge in [0.25, 0.3) is 0 Å². The molecule has 0 amide bonds. The van der Waals surface area contributed by atoms with Crippen LogP contribution in [0.4, 0.5) is 0 Å². The van der Waals surface area contributed by atoms with E-state index in [0.717, 1.165) is 6.42 Å². The minimum absolute atomic E-state index is 0.194. The predicted molar refractivity (Wildman–Crippen MR) is 67.2 cm³/mol. The predicted octanol–water partition coefficient (Wildman–Crippen LogP) is 3.08. The summed E-state index contributed by atoms with van der Waals surface area (Å²) in [6.07, 6.45) is 1.12. The summed E-state index contributed by atoms with van der Waals surface area (Å²) in [7, 11) is 0. The number of hydrogen-bond acceptors (Lipinski definition) is 2. The van der Waals surface area contributed by atoms with E-state index < -0.39 is 0 Å². The Kier molecular flexibility index (Phi) is 2.82. The van der Waals surface area contributed by atoms with Crippen LogP contribution in [0.5, 0.6) is 0 Å². The van der Waals surface area contributed by atoms with Crippen molar-refractivity contribution in [3.63, 3.8) is 0 Å².